The third-order valence-corrected chi connectivity index (χ3v) is 3.60. The highest BCUT2D eigenvalue weighted by Crippen LogP contribution is 2.53. The van der Waals surface area contributed by atoms with Crippen molar-refractivity contribution in [1.82, 2.24) is 0 Å². The molecule has 0 aromatic heterocycles. The highest BCUT2D eigenvalue weighted by molar-refractivity contribution is 7.48. The van der Waals surface area contributed by atoms with E-state index in [1.54, 1.807) is 34.6 Å². The van der Waals surface area contributed by atoms with Crippen molar-refractivity contribution in [3.8, 4) is 0 Å². The van der Waals surface area contributed by atoms with Crippen molar-refractivity contribution in [2.75, 3.05) is 6.61 Å². The van der Waals surface area contributed by atoms with E-state index in [1.165, 1.54) is 0 Å². The molecule has 7 nitrogen and oxygen atoms in total. The first-order chi connectivity index (χ1) is 10.4. The summed E-state index contributed by atoms with van der Waals surface area (Å²) in [5, 5.41) is 0. The van der Waals surface area contributed by atoms with Crippen molar-refractivity contribution in [1.29, 1.82) is 0 Å². The topological polar surface area (TPSA) is 83.4 Å². The molecule has 0 aliphatic heterocycles. The molecule has 0 amide bonds. The van der Waals surface area contributed by atoms with E-state index in [4.69, 9.17) is 18.3 Å². The maximum absolute atomic E-state index is 12.7. The molecule has 0 saturated carbocycles. The van der Waals surface area contributed by atoms with E-state index in [9.17, 15) is 9.36 Å². The van der Waals surface area contributed by atoms with Crippen LogP contribution in [-0.4, -0.2) is 36.2 Å². The number of carbonyl (C=O) groups is 1. The third-order valence-electron chi connectivity index (χ3n) is 1.84. The minimum absolute atomic E-state index is 0.128. The number of carbonyl (C=O) groups excluding carboxylic acids is 1. The highest BCUT2D eigenvalue weighted by Gasteiger charge is 2.35. The number of aliphatic imine (C=N–C) groups is 1. The Morgan fingerprint density at radius 1 is 1.13 bits per heavy atom. The molecule has 0 aromatic rings. The van der Waals surface area contributed by atoms with Gasteiger partial charge in [0.25, 0.3) is 5.76 Å². The number of esters is 1. The Hall–Kier alpha value is -1.13. The minimum Gasteiger partial charge on any atom is -0.460 e. The summed E-state index contributed by atoms with van der Waals surface area (Å²) in [5.41, 5.74) is -0.497. The average molecular weight is 349 g/mol. The molecule has 0 heterocycles. The number of rotatable bonds is 8. The second-order valence-corrected chi connectivity index (χ2v) is 7.79. The fourth-order valence-corrected chi connectivity index (χ4v) is 2.72. The summed E-state index contributed by atoms with van der Waals surface area (Å²) in [6.07, 6.45) is -0.856. The molecule has 0 spiro atoms. The van der Waals surface area contributed by atoms with Crippen LogP contribution in [0.4, 0.5) is 0 Å². The Bertz CT molecular complexity index is 487. The summed E-state index contributed by atoms with van der Waals surface area (Å²) in [5.74, 6) is 1.19. The first kappa shape index (κ1) is 21.9. The molecule has 0 aliphatic carbocycles. The Morgan fingerprint density at radius 3 is 1.96 bits per heavy atom. The largest absolute Gasteiger partial charge is 0.531 e. The molecular formula is C15H28NO6P. The van der Waals surface area contributed by atoms with Gasteiger partial charge in [-0.05, 0) is 55.4 Å². The van der Waals surface area contributed by atoms with Crippen LogP contribution in [0.5, 0.6) is 0 Å². The zero-order valence-electron chi connectivity index (χ0n) is 15.2. The number of ether oxygens (including phenoxy) is 1. The number of phosphoric acid groups is 1. The summed E-state index contributed by atoms with van der Waals surface area (Å²) >= 11 is 0. The third kappa shape index (κ3) is 10.3. The second-order valence-electron chi connectivity index (χ2n) is 6.29. The minimum atomic E-state index is -4.01. The standard InChI is InChI=1S/C15H28NO6P/c1-9-19-14(17)13(10-16-15(6,7)8)22-23(18,20-11(2)3)21-12(4)5/h11-12H,9H2,1-8H3. The first-order valence-electron chi connectivity index (χ1n) is 7.57. The number of hydrogen-bond donors (Lipinski definition) is 0. The van der Waals surface area contributed by atoms with Gasteiger partial charge in [-0.3, -0.25) is 9.05 Å². The van der Waals surface area contributed by atoms with Gasteiger partial charge in [-0.25, -0.2) is 14.4 Å². The van der Waals surface area contributed by atoms with Gasteiger partial charge in [0.15, 0.2) is 0 Å². The zero-order valence-corrected chi connectivity index (χ0v) is 16.1. The Kier molecular flexibility index (Phi) is 8.78. The van der Waals surface area contributed by atoms with Gasteiger partial charge in [-0.15, -0.1) is 0 Å². The molecule has 0 bridgehead atoms. The lowest BCUT2D eigenvalue weighted by Gasteiger charge is -2.22. The van der Waals surface area contributed by atoms with Gasteiger partial charge in [0, 0.05) is 5.87 Å². The van der Waals surface area contributed by atoms with E-state index in [0.717, 1.165) is 0 Å². The van der Waals surface area contributed by atoms with Gasteiger partial charge in [0.2, 0.25) is 0 Å². The fourth-order valence-electron chi connectivity index (χ4n) is 1.21. The molecule has 0 unspecified atom stereocenters. The SMILES string of the molecule is CCOC(=O)C(=C=NC(C)(C)C)OP(=O)(OC(C)C)OC(C)C. The van der Waals surface area contributed by atoms with Crippen LogP contribution in [0.15, 0.2) is 10.8 Å². The van der Waals surface area contributed by atoms with Gasteiger partial charge in [0.05, 0.1) is 24.4 Å². The van der Waals surface area contributed by atoms with E-state index < -0.39 is 37.3 Å². The van der Waals surface area contributed by atoms with Crippen LogP contribution in [0, 0.1) is 0 Å². The monoisotopic (exact) mass is 349 g/mol. The second kappa shape index (κ2) is 9.24. The van der Waals surface area contributed by atoms with E-state index in [-0.39, 0.29) is 6.61 Å². The first-order valence-corrected chi connectivity index (χ1v) is 9.03. The molecule has 0 aliphatic rings. The van der Waals surface area contributed by atoms with Crippen LogP contribution in [0.2, 0.25) is 0 Å². The molecule has 0 atom stereocenters. The molecule has 0 N–H and O–H groups in total. The fraction of sp³-hybridized carbons (Fsp3) is 0.800. The Labute approximate surface area is 138 Å². The smallest absolute Gasteiger partial charge is 0.460 e. The van der Waals surface area contributed by atoms with Gasteiger partial charge >= 0.3 is 13.8 Å². The van der Waals surface area contributed by atoms with Gasteiger partial charge in [0.1, 0.15) is 0 Å². The van der Waals surface area contributed by atoms with E-state index in [0.29, 0.717) is 0 Å². The predicted octanol–water partition coefficient (Wildman–Crippen LogP) is 3.88. The maximum Gasteiger partial charge on any atom is 0.531 e. The van der Waals surface area contributed by atoms with E-state index in [1.807, 2.05) is 20.8 Å². The van der Waals surface area contributed by atoms with Crippen molar-refractivity contribution in [2.24, 2.45) is 4.99 Å². The number of hydrogen-bond acceptors (Lipinski definition) is 7. The van der Waals surface area contributed by atoms with E-state index in [2.05, 4.69) is 10.9 Å². The lowest BCUT2D eigenvalue weighted by molar-refractivity contribution is -0.141. The van der Waals surface area contributed by atoms with Crippen LogP contribution in [0.3, 0.4) is 0 Å². The van der Waals surface area contributed by atoms with Crippen LogP contribution in [0.25, 0.3) is 0 Å². The van der Waals surface area contributed by atoms with Crippen molar-refractivity contribution in [3.05, 3.63) is 5.76 Å². The lowest BCUT2D eigenvalue weighted by Crippen LogP contribution is -2.16. The van der Waals surface area contributed by atoms with Crippen LogP contribution < -0.4 is 0 Å². The van der Waals surface area contributed by atoms with Gasteiger partial charge < -0.3 is 9.26 Å². The zero-order chi connectivity index (χ0) is 18.3. The molecule has 0 rings (SSSR count). The molecule has 0 saturated heterocycles. The highest BCUT2D eigenvalue weighted by atomic mass is 31.2. The number of nitrogens with zero attached hydrogens (tertiary/aromatic N) is 1. The summed E-state index contributed by atoms with van der Waals surface area (Å²) in [4.78, 5) is 16.0. The normalized spacial score (nSPS) is 12.1. The predicted molar refractivity (Wildman–Crippen MR) is 88.5 cm³/mol. The maximum atomic E-state index is 12.7. The van der Waals surface area contributed by atoms with Crippen molar-refractivity contribution in [3.63, 3.8) is 0 Å². The molecule has 0 radical (unpaired) electrons. The van der Waals surface area contributed by atoms with Gasteiger partial charge in [-0.1, -0.05) is 0 Å². The lowest BCUT2D eigenvalue weighted by atomic mass is 10.1. The summed E-state index contributed by atoms with van der Waals surface area (Å²) in [6, 6.07) is 0. The van der Waals surface area contributed by atoms with Gasteiger partial charge in [-0.2, -0.15) is 0 Å². The van der Waals surface area contributed by atoms with Crippen molar-refractivity contribution in [2.45, 2.75) is 73.1 Å². The Balaban J connectivity index is 5.66. The molecule has 0 fully saturated rings. The number of phosphoric ester groups is 1. The molecule has 8 heteroatoms. The molecular weight excluding hydrogens is 321 g/mol. The van der Waals surface area contributed by atoms with Crippen LogP contribution in [0.1, 0.15) is 55.4 Å². The molecule has 23 heavy (non-hydrogen) atoms. The van der Waals surface area contributed by atoms with Crippen molar-refractivity contribution < 1.29 is 27.7 Å². The molecule has 0 aromatic carbocycles. The van der Waals surface area contributed by atoms with E-state index >= 15 is 0 Å². The quantitative estimate of drug-likeness (QED) is 0.217. The van der Waals surface area contributed by atoms with Crippen LogP contribution in [-0.2, 0) is 27.7 Å². The summed E-state index contributed by atoms with van der Waals surface area (Å²) in [7, 11) is -4.01. The van der Waals surface area contributed by atoms with Crippen LogP contribution >= 0.6 is 7.82 Å². The van der Waals surface area contributed by atoms with Crippen molar-refractivity contribution >= 4 is 19.7 Å². The summed E-state index contributed by atoms with van der Waals surface area (Å²) < 4.78 is 33.3. The Morgan fingerprint density at radius 2 is 1.61 bits per heavy atom. The summed E-state index contributed by atoms with van der Waals surface area (Å²) in [6.45, 7) is 13.9. The average Bonchev–Trinajstić information content (AvgIpc) is 2.31. The molecule has 134 valence electrons.